The number of nitrogens with zero attached hydrogens (tertiary/aromatic N) is 10. The van der Waals surface area contributed by atoms with E-state index in [1.54, 1.807) is 83.0 Å². The number of carbonyl (C=O) groups is 2. The average Bonchev–Trinajstić information content (AvgIpc) is 4.33. The molecule has 8 aromatic rings. The number of benzene rings is 2. The number of alkyl halides is 6. The number of furan rings is 2. The number of aromatic nitrogens is 6. The highest BCUT2D eigenvalue weighted by molar-refractivity contribution is 6.01. The smallest absolute Gasteiger partial charge is 0.433 e. The number of amides is 2. The maximum Gasteiger partial charge on any atom is 0.433 e. The van der Waals surface area contributed by atoms with E-state index in [2.05, 4.69) is 30.0 Å². The van der Waals surface area contributed by atoms with Crippen molar-refractivity contribution in [2.45, 2.75) is 64.2 Å². The zero-order valence-corrected chi connectivity index (χ0v) is 43.3. The molecular weight excluding hydrogens is 1030 g/mol. The lowest BCUT2D eigenvalue weighted by Gasteiger charge is -2.42. The van der Waals surface area contributed by atoms with E-state index in [1.165, 1.54) is 40.6 Å². The second-order valence-electron chi connectivity index (χ2n) is 19.1. The van der Waals surface area contributed by atoms with Gasteiger partial charge in [0, 0.05) is 84.7 Å². The number of carbonyl (C=O) groups excluding carboxylic acids is 2. The van der Waals surface area contributed by atoms with Crippen molar-refractivity contribution in [2.24, 2.45) is 0 Å². The standard InChI is InChI=1S/2C27H28F3N5O4/c2*1-16-13-33(22(14-36)19-8-11-39-15-19)9-10-34(16)26(37)21-12-31-35-24(27(28,29)30)17(2)23(32-25(21)35)18-4-6-20(38-3)7-5-18/h2*4-8,11-12,15-16,22,36H,9-10,13-14H2,1-3H3/t16-,22+;16-,22-/m11/s1. The largest absolute Gasteiger partial charge is 0.497 e. The summed E-state index contributed by atoms with van der Waals surface area (Å²) >= 11 is 0. The summed E-state index contributed by atoms with van der Waals surface area (Å²) in [5, 5.41) is 27.8. The molecule has 0 radical (unpaired) electrons. The third kappa shape index (κ3) is 10.6. The lowest BCUT2D eigenvalue weighted by molar-refractivity contribution is -0.144. The van der Waals surface area contributed by atoms with Crippen LogP contribution in [0.25, 0.3) is 33.8 Å². The molecule has 412 valence electrons. The van der Waals surface area contributed by atoms with E-state index in [1.807, 2.05) is 13.8 Å². The Bertz CT molecular complexity index is 3160. The molecule has 2 N–H and O–H groups in total. The van der Waals surface area contributed by atoms with Crippen LogP contribution in [0.1, 0.15) is 80.3 Å². The lowest BCUT2D eigenvalue weighted by Crippen LogP contribution is -2.55. The molecule has 0 unspecified atom stereocenters. The first-order chi connectivity index (χ1) is 37.3. The SMILES string of the molecule is COc1ccc(-c2nc3c(C(=O)N4CCN([C@@H](CO)c5ccoc5)C[C@H]4C)cnn3c(C(F)(F)F)c2C)cc1.COc1ccc(-c2nc3c(C(=O)N4CCN([C@H](CO)c5ccoc5)C[C@H]4C)cnn3c(C(F)(F)F)c2C)cc1. The molecule has 2 aromatic carbocycles. The first-order valence-corrected chi connectivity index (χ1v) is 24.8. The van der Waals surface area contributed by atoms with E-state index in [-0.39, 0.29) is 82.3 Å². The van der Waals surface area contributed by atoms with Gasteiger partial charge in [0.1, 0.15) is 22.6 Å². The summed E-state index contributed by atoms with van der Waals surface area (Å²) in [6, 6.07) is 15.5. The monoisotopic (exact) mass is 1090 g/mol. The number of hydrogen-bond acceptors (Lipinski definition) is 14. The molecule has 2 fully saturated rings. The minimum Gasteiger partial charge on any atom is -0.497 e. The van der Waals surface area contributed by atoms with E-state index < -0.39 is 35.6 Å². The predicted octanol–water partition coefficient (Wildman–Crippen LogP) is 8.41. The number of halogens is 6. The zero-order valence-electron chi connectivity index (χ0n) is 43.3. The van der Waals surface area contributed by atoms with Gasteiger partial charge in [0.2, 0.25) is 0 Å². The molecule has 2 aliphatic rings. The Labute approximate surface area is 443 Å². The molecule has 2 saturated heterocycles. The maximum atomic E-state index is 14.3. The van der Waals surface area contributed by atoms with Gasteiger partial charge in [-0.3, -0.25) is 19.4 Å². The number of methoxy groups -OCH3 is 2. The number of aliphatic hydroxyl groups excluding tert-OH is 2. The van der Waals surface area contributed by atoms with E-state index in [9.17, 15) is 46.1 Å². The van der Waals surface area contributed by atoms with Crippen LogP contribution in [0.3, 0.4) is 0 Å². The molecule has 24 heteroatoms. The molecule has 6 aromatic heterocycles. The van der Waals surface area contributed by atoms with Gasteiger partial charge in [-0.2, -0.15) is 36.5 Å². The molecule has 2 amide bonds. The summed E-state index contributed by atoms with van der Waals surface area (Å²) < 4.78 is 108. The van der Waals surface area contributed by atoms with E-state index in [0.29, 0.717) is 70.9 Å². The minimum absolute atomic E-state index is 0.0101. The fourth-order valence-corrected chi connectivity index (χ4v) is 10.4. The van der Waals surface area contributed by atoms with Crippen molar-refractivity contribution < 1.29 is 64.5 Å². The van der Waals surface area contributed by atoms with E-state index >= 15 is 0 Å². The summed E-state index contributed by atoms with van der Waals surface area (Å²) in [6.07, 6.45) is -0.930. The zero-order chi connectivity index (χ0) is 55.8. The van der Waals surface area contributed by atoms with Gasteiger partial charge < -0.3 is 38.3 Å². The van der Waals surface area contributed by atoms with Gasteiger partial charge in [-0.05, 0) is 88.4 Å². The van der Waals surface area contributed by atoms with Crippen LogP contribution in [0.2, 0.25) is 0 Å². The number of ether oxygens (including phenoxy) is 2. The highest BCUT2D eigenvalue weighted by atomic mass is 19.4. The second kappa shape index (κ2) is 22.3. The fraction of sp³-hybridized carbons (Fsp3) is 0.370. The van der Waals surface area contributed by atoms with Gasteiger partial charge in [-0.1, -0.05) is 0 Å². The normalized spacial score (nSPS) is 17.5. The van der Waals surface area contributed by atoms with Crippen molar-refractivity contribution in [3.05, 3.63) is 143 Å². The number of hydrogen-bond donors (Lipinski definition) is 2. The van der Waals surface area contributed by atoms with Crippen LogP contribution in [0.4, 0.5) is 26.3 Å². The van der Waals surface area contributed by atoms with Gasteiger partial charge in [-0.25, -0.2) is 19.0 Å². The first kappa shape index (κ1) is 55.0. The molecule has 0 spiro atoms. The summed E-state index contributed by atoms with van der Waals surface area (Å²) in [4.78, 5) is 43.8. The van der Waals surface area contributed by atoms with Crippen molar-refractivity contribution >= 4 is 23.1 Å². The maximum absolute atomic E-state index is 14.3. The number of piperazine rings is 2. The molecule has 0 saturated carbocycles. The van der Waals surface area contributed by atoms with Gasteiger partial charge in [0.05, 0.1) is 88.4 Å². The molecule has 8 heterocycles. The molecule has 0 aliphatic carbocycles. The Kier molecular flexibility index (Phi) is 15.7. The van der Waals surface area contributed by atoms with Crippen LogP contribution in [-0.4, -0.2) is 150 Å². The summed E-state index contributed by atoms with van der Waals surface area (Å²) in [5.74, 6) is 0.202. The lowest BCUT2D eigenvalue weighted by atomic mass is 10.0. The molecule has 0 bridgehead atoms. The molecule has 2 aliphatic heterocycles. The Morgan fingerprint density at radius 2 is 0.987 bits per heavy atom. The second-order valence-corrected chi connectivity index (χ2v) is 19.1. The number of aliphatic hydroxyl groups is 2. The van der Waals surface area contributed by atoms with Crippen molar-refractivity contribution in [2.75, 3.05) is 66.7 Å². The highest BCUT2D eigenvalue weighted by Crippen LogP contribution is 2.39. The van der Waals surface area contributed by atoms with Gasteiger partial charge >= 0.3 is 12.4 Å². The number of fused-ring (bicyclic) bond motifs is 2. The fourth-order valence-electron chi connectivity index (χ4n) is 10.4. The van der Waals surface area contributed by atoms with Crippen molar-refractivity contribution in [3.8, 4) is 34.0 Å². The van der Waals surface area contributed by atoms with Crippen LogP contribution in [0, 0.1) is 13.8 Å². The van der Waals surface area contributed by atoms with Crippen LogP contribution >= 0.6 is 0 Å². The molecule has 10 rings (SSSR count). The third-order valence-electron chi connectivity index (χ3n) is 14.4. The van der Waals surface area contributed by atoms with Crippen LogP contribution in [-0.2, 0) is 12.4 Å². The molecular formula is C54H56F6N10O8. The highest BCUT2D eigenvalue weighted by Gasteiger charge is 2.42. The van der Waals surface area contributed by atoms with Crippen LogP contribution in [0.15, 0.2) is 107 Å². The summed E-state index contributed by atoms with van der Waals surface area (Å²) in [5.41, 5.74) is 0.276. The molecule has 78 heavy (non-hydrogen) atoms. The van der Waals surface area contributed by atoms with Crippen LogP contribution in [0.5, 0.6) is 11.5 Å². The van der Waals surface area contributed by atoms with Crippen molar-refractivity contribution in [1.82, 2.24) is 48.8 Å². The summed E-state index contributed by atoms with van der Waals surface area (Å²) in [7, 11) is 3.00. The topological polar surface area (TPSA) is 193 Å². The van der Waals surface area contributed by atoms with Gasteiger partial charge in [0.25, 0.3) is 11.8 Å². The Hall–Kier alpha value is -7.80. The van der Waals surface area contributed by atoms with E-state index in [0.717, 1.165) is 23.5 Å². The van der Waals surface area contributed by atoms with Gasteiger partial charge in [-0.15, -0.1) is 0 Å². The predicted molar refractivity (Wildman–Crippen MR) is 271 cm³/mol. The number of rotatable bonds is 12. The average molecular weight is 1090 g/mol. The van der Waals surface area contributed by atoms with E-state index in [4.69, 9.17) is 18.3 Å². The van der Waals surface area contributed by atoms with Crippen molar-refractivity contribution in [3.63, 3.8) is 0 Å². The van der Waals surface area contributed by atoms with Crippen LogP contribution < -0.4 is 9.47 Å². The quantitative estimate of drug-likeness (QED) is 0.111. The first-order valence-electron chi connectivity index (χ1n) is 24.8. The third-order valence-corrected chi connectivity index (χ3v) is 14.4. The molecule has 18 nitrogen and oxygen atoms in total. The Morgan fingerprint density at radius 1 is 0.615 bits per heavy atom. The Morgan fingerprint density at radius 3 is 1.28 bits per heavy atom. The Balaban J connectivity index is 0.000000190. The van der Waals surface area contributed by atoms with Gasteiger partial charge in [0.15, 0.2) is 22.7 Å². The minimum atomic E-state index is -4.73. The summed E-state index contributed by atoms with van der Waals surface area (Å²) in [6.45, 7) is 8.64. The molecule has 4 atom stereocenters. The van der Waals surface area contributed by atoms with Crippen molar-refractivity contribution in [1.29, 1.82) is 0 Å².